The van der Waals surface area contributed by atoms with Crippen LogP contribution in [0.3, 0.4) is 0 Å². The molecule has 1 aliphatic carbocycles. The topological polar surface area (TPSA) is 57.0 Å². The molecule has 88 valence electrons. The van der Waals surface area contributed by atoms with E-state index in [0.717, 1.165) is 12.8 Å². The van der Waals surface area contributed by atoms with Gasteiger partial charge in [0.25, 0.3) is 5.91 Å². The summed E-state index contributed by atoms with van der Waals surface area (Å²) in [4.78, 5) is 17.2. The highest BCUT2D eigenvalue weighted by molar-refractivity contribution is 5.94. The summed E-state index contributed by atoms with van der Waals surface area (Å²) in [5.41, 5.74) is 0.372. The van der Waals surface area contributed by atoms with Crippen LogP contribution in [0.5, 0.6) is 0 Å². The number of carbonyl (C=O) groups excluding carboxylic acids is 1. The maximum Gasteiger partial charge on any atom is 0.255 e. The molecule has 2 rings (SSSR count). The molecule has 1 aromatic heterocycles. The van der Waals surface area contributed by atoms with Crippen LogP contribution < -0.4 is 0 Å². The minimum absolute atomic E-state index is 0.171. The molecule has 0 atom stereocenters. The number of pyridine rings is 1. The van der Waals surface area contributed by atoms with Gasteiger partial charge in [-0.1, -0.05) is 0 Å². The lowest BCUT2D eigenvalue weighted by atomic mass is 10.2. The summed E-state index contributed by atoms with van der Waals surface area (Å²) in [7, 11) is 0. The van der Waals surface area contributed by atoms with Crippen molar-refractivity contribution in [2.45, 2.75) is 25.3 Å². The number of amides is 1. The first-order valence-electron chi connectivity index (χ1n) is 5.52. The van der Waals surface area contributed by atoms with E-state index in [1.807, 2.05) is 6.07 Å². The molecule has 5 heteroatoms. The van der Waals surface area contributed by atoms with Gasteiger partial charge in [-0.05, 0) is 25.0 Å². The molecule has 0 saturated heterocycles. The molecule has 0 radical (unpaired) electrons. The fourth-order valence-electron chi connectivity index (χ4n) is 1.67. The minimum Gasteiger partial charge on any atom is -0.335 e. The fourth-order valence-corrected chi connectivity index (χ4v) is 1.67. The van der Waals surface area contributed by atoms with Crippen LogP contribution in [0.1, 0.15) is 29.6 Å². The summed E-state index contributed by atoms with van der Waals surface area (Å²) >= 11 is 0. The van der Waals surface area contributed by atoms with Gasteiger partial charge in [0.15, 0.2) is 0 Å². The zero-order valence-corrected chi connectivity index (χ0v) is 9.27. The first-order valence-corrected chi connectivity index (χ1v) is 5.52. The highest BCUT2D eigenvalue weighted by Gasteiger charge is 2.32. The molecular formula is C12H12FN3O. The molecule has 1 saturated carbocycles. The Morgan fingerprint density at radius 3 is 2.88 bits per heavy atom. The second kappa shape index (κ2) is 4.91. The summed E-state index contributed by atoms with van der Waals surface area (Å²) in [6.07, 6.45) is 3.51. The largest absolute Gasteiger partial charge is 0.335 e. The molecule has 1 aliphatic rings. The van der Waals surface area contributed by atoms with Crippen LogP contribution >= 0.6 is 0 Å². The van der Waals surface area contributed by atoms with Crippen molar-refractivity contribution in [3.05, 3.63) is 29.8 Å². The summed E-state index contributed by atoms with van der Waals surface area (Å²) in [5, 5.41) is 8.56. The Hall–Kier alpha value is -1.96. The number of hydrogen-bond donors (Lipinski definition) is 0. The Kier molecular flexibility index (Phi) is 3.33. The summed E-state index contributed by atoms with van der Waals surface area (Å²) in [5.74, 6) is -0.771. The Balaban J connectivity index is 2.10. The molecule has 1 amide bonds. The maximum absolute atomic E-state index is 12.6. The number of nitrogens with zero attached hydrogens (tertiary/aromatic N) is 3. The quantitative estimate of drug-likeness (QED) is 0.744. The van der Waals surface area contributed by atoms with Gasteiger partial charge < -0.3 is 4.90 Å². The molecule has 0 aromatic carbocycles. The third kappa shape index (κ3) is 2.78. The number of halogens is 1. The highest BCUT2D eigenvalue weighted by Crippen LogP contribution is 2.28. The van der Waals surface area contributed by atoms with Gasteiger partial charge in [0.2, 0.25) is 5.95 Å². The summed E-state index contributed by atoms with van der Waals surface area (Å²) in [6.45, 7) is 0.428. The van der Waals surface area contributed by atoms with Gasteiger partial charge in [0, 0.05) is 18.8 Å². The third-order valence-electron chi connectivity index (χ3n) is 2.69. The van der Waals surface area contributed by atoms with Crippen LogP contribution in [-0.4, -0.2) is 28.4 Å². The smallest absolute Gasteiger partial charge is 0.255 e. The minimum atomic E-state index is -0.600. The molecule has 4 nitrogen and oxygen atoms in total. The average Bonchev–Trinajstić information content (AvgIpc) is 3.14. The monoisotopic (exact) mass is 233 g/mol. The van der Waals surface area contributed by atoms with Gasteiger partial charge in [0.05, 0.1) is 18.1 Å². The molecule has 1 fully saturated rings. The number of aromatic nitrogens is 1. The van der Waals surface area contributed by atoms with Crippen LogP contribution in [0, 0.1) is 17.3 Å². The van der Waals surface area contributed by atoms with Crippen molar-refractivity contribution in [2.24, 2.45) is 0 Å². The van der Waals surface area contributed by atoms with E-state index < -0.39 is 5.95 Å². The van der Waals surface area contributed by atoms with Gasteiger partial charge in [-0.2, -0.15) is 9.65 Å². The van der Waals surface area contributed by atoms with Crippen LogP contribution in [0.2, 0.25) is 0 Å². The predicted molar refractivity (Wildman–Crippen MR) is 58.5 cm³/mol. The van der Waals surface area contributed by atoms with E-state index in [1.54, 1.807) is 4.90 Å². The number of hydrogen-bond acceptors (Lipinski definition) is 3. The first-order chi connectivity index (χ1) is 8.22. The van der Waals surface area contributed by atoms with Gasteiger partial charge in [-0.15, -0.1) is 0 Å². The lowest BCUT2D eigenvalue weighted by molar-refractivity contribution is 0.0746. The molecule has 0 aliphatic heterocycles. The zero-order valence-electron chi connectivity index (χ0n) is 9.27. The van der Waals surface area contributed by atoms with Gasteiger partial charge in [-0.3, -0.25) is 4.79 Å². The Bertz CT molecular complexity index is 448. The van der Waals surface area contributed by atoms with Gasteiger partial charge in [0.1, 0.15) is 0 Å². The number of carbonyl (C=O) groups is 1. The highest BCUT2D eigenvalue weighted by atomic mass is 19.1. The van der Waals surface area contributed by atoms with Crippen molar-refractivity contribution < 1.29 is 9.18 Å². The van der Waals surface area contributed by atoms with Crippen molar-refractivity contribution >= 4 is 5.91 Å². The van der Waals surface area contributed by atoms with Gasteiger partial charge in [-0.25, -0.2) is 4.98 Å². The lowest BCUT2D eigenvalue weighted by Crippen LogP contribution is -2.34. The van der Waals surface area contributed by atoms with Crippen LogP contribution in [0.15, 0.2) is 18.3 Å². The fraction of sp³-hybridized carbons (Fsp3) is 0.417. The van der Waals surface area contributed by atoms with Crippen molar-refractivity contribution in [3.8, 4) is 6.07 Å². The van der Waals surface area contributed by atoms with E-state index in [2.05, 4.69) is 4.98 Å². The van der Waals surface area contributed by atoms with Crippen molar-refractivity contribution in [1.82, 2.24) is 9.88 Å². The summed E-state index contributed by atoms with van der Waals surface area (Å²) < 4.78 is 12.6. The molecular weight excluding hydrogens is 221 g/mol. The summed E-state index contributed by atoms with van der Waals surface area (Å²) in [6, 6.07) is 4.86. The van der Waals surface area contributed by atoms with Crippen molar-refractivity contribution in [2.75, 3.05) is 6.54 Å². The molecule has 1 aromatic rings. The number of rotatable bonds is 4. The molecule has 17 heavy (non-hydrogen) atoms. The van der Waals surface area contributed by atoms with Gasteiger partial charge >= 0.3 is 0 Å². The molecule has 1 heterocycles. The van der Waals surface area contributed by atoms with E-state index in [1.165, 1.54) is 18.3 Å². The second-order valence-electron chi connectivity index (χ2n) is 4.01. The van der Waals surface area contributed by atoms with Crippen molar-refractivity contribution in [3.63, 3.8) is 0 Å². The number of nitriles is 1. The van der Waals surface area contributed by atoms with E-state index in [9.17, 15) is 9.18 Å². The predicted octanol–water partition coefficient (Wildman–Crippen LogP) is 1.74. The Morgan fingerprint density at radius 1 is 1.59 bits per heavy atom. The molecule has 0 spiro atoms. The van der Waals surface area contributed by atoms with E-state index in [0.29, 0.717) is 18.5 Å². The normalized spacial score (nSPS) is 14.1. The van der Waals surface area contributed by atoms with Crippen LogP contribution in [0.4, 0.5) is 4.39 Å². The van der Waals surface area contributed by atoms with Crippen LogP contribution in [-0.2, 0) is 0 Å². The standard InChI is InChI=1S/C12H12FN3O/c13-11-5-2-9(8-15-11)12(17)16(7-1-6-14)10-3-4-10/h2,5,8,10H,1,3-4,7H2. The third-order valence-corrected chi connectivity index (χ3v) is 2.69. The SMILES string of the molecule is N#CCCN(C(=O)c1ccc(F)nc1)C1CC1. The second-order valence-corrected chi connectivity index (χ2v) is 4.01. The van der Waals surface area contributed by atoms with E-state index >= 15 is 0 Å². The lowest BCUT2D eigenvalue weighted by Gasteiger charge is -2.20. The molecule has 0 bridgehead atoms. The zero-order chi connectivity index (χ0) is 12.3. The Labute approximate surface area is 98.7 Å². The van der Waals surface area contributed by atoms with Crippen molar-refractivity contribution in [1.29, 1.82) is 5.26 Å². The maximum atomic E-state index is 12.6. The van der Waals surface area contributed by atoms with E-state index in [4.69, 9.17) is 5.26 Å². The average molecular weight is 233 g/mol. The Morgan fingerprint density at radius 2 is 2.35 bits per heavy atom. The first kappa shape index (κ1) is 11.5. The molecule has 0 unspecified atom stereocenters. The molecule has 0 N–H and O–H groups in total. The van der Waals surface area contributed by atoms with E-state index in [-0.39, 0.29) is 11.9 Å². The van der Waals surface area contributed by atoms with Crippen LogP contribution in [0.25, 0.3) is 0 Å².